The Kier molecular flexibility index (Phi) is 2.87. The monoisotopic (exact) mass is 270 g/mol. The third-order valence-electron chi connectivity index (χ3n) is 2.88. The normalized spacial score (nSPS) is 11.4. The quantitative estimate of drug-likeness (QED) is 0.407. The lowest BCUT2D eigenvalue weighted by molar-refractivity contribution is -0.135. The van der Waals surface area contributed by atoms with Crippen LogP contribution in [0, 0.1) is 0 Å². The van der Waals surface area contributed by atoms with Gasteiger partial charge in [-0.1, -0.05) is 18.2 Å². The predicted octanol–water partition coefficient (Wildman–Crippen LogP) is 2.94. The molecule has 5 nitrogen and oxygen atoms in total. The average molecular weight is 270 g/mol. The molecule has 2 aromatic carbocycles. The third-order valence-corrected chi connectivity index (χ3v) is 2.88. The van der Waals surface area contributed by atoms with Gasteiger partial charge in [0.2, 0.25) is 0 Å². The molecule has 0 fully saturated rings. The lowest BCUT2D eigenvalue weighted by Crippen LogP contribution is -2.17. The first-order valence-corrected chi connectivity index (χ1v) is 5.91. The molecule has 0 amide bonds. The number of esters is 1. The summed E-state index contributed by atoms with van der Waals surface area (Å²) in [6.45, 7) is 0. The van der Waals surface area contributed by atoms with Gasteiger partial charge in [-0.2, -0.15) is 0 Å². The molecule has 0 aromatic heterocycles. The number of hydrogen-bond acceptors (Lipinski definition) is 5. The number of carbonyl (C=O) groups excluding carboxylic acids is 2. The number of benzene rings is 2. The molecule has 0 aliphatic carbocycles. The lowest BCUT2D eigenvalue weighted by atomic mass is 10.1. The van der Waals surface area contributed by atoms with Gasteiger partial charge in [-0.25, -0.2) is 4.79 Å². The summed E-state index contributed by atoms with van der Waals surface area (Å²) in [5.74, 6) is -0.0546. The van der Waals surface area contributed by atoms with E-state index in [1.54, 1.807) is 30.3 Å². The molecule has 1 aliphatic rings. The molecular weight excluding hydrogens is 260 g/mol. The minimum Gasteiger partial charge on any atom is -0.463 e. The van der Waals surface area contributed by atoms with Crippen molar-refractivity contribution in [3.05, 3.63) is 48.0 Å². The fraction of sp³-hybridized carbons (Fsp3) is 0.0667. The molecule has 1 aliphatic heterocycles. The molecule has 20 heavy (non-hydrogen) atoms. The van der Waals surface area contributed by atoms with Crippen molar-refractivity contribution in [2.45, 2.75) is 0 Å². The van der Waals surface area contributed by atoms with Crippen LogP contribution < -0.4 is 9.47 Å². The Morgan fingerprint density at radius 2 is 1.55 bits per heavy atom. The maximum absolute atomic E-state index is 11.9. The van der Waals surface area contributed by atoms with Crippen LogP contribution in [0.2, 0.25) is 0 Å². The van der Waals surface area contributed by atoms with Crippen LogP contribution in [-0.2, 0) is 9.53 Å². The van der Waals surface area contributed by atoms with Gasteiger partial charge in [0.1, 0.15) is 0 Å². The first-order valence-electron chi connectivity index (χ1n) is 5.91. The van der Waals surface area contributed by atoms with E-state index in [-0.39, 0.29) is 11.3 Å². The van der Waals surface area contributed by atoms with Crippen molar-refractivity contribution < 1.29 is 23.8 Å². The SMILES string of the molecule is COC(=O)C(=O)c1cccc2c1Oc1ccccc1O2. The van der Waals surface area contributed by atoms with Crippen molar-refractivity contribution in [2.75, 3.05) is 7.11 Å². The maximum atomic E-state index is 11.9. The second-order valence-electron chi connectivity index (χ2n) is 4.10. The number of hydrogen-bond donors (Lipinski definition) is 0. The fourth-order valence-electron chi connectivity index (χ4n) is 1.93. The van der Waals surface area contributed by atoms with Crippen LogP contribution in [0.5, 0.6) is 23.0 Å². The molecule has 3 rings (SSSR count). The summed E-state index contributed by atoms with van der Waals surface area (Å²) in [4.78, 5) is 23.3. The zero-order chi connectivity index (χ0) is 14.1. The first-order chi connectivity index (χ1) is 9.70. The molecule has 0 saturated heterocycles. The van der Waals surface area contributed by atoms with E-state index in [0.717, 1.165) is 7.11 Å². The molecule has 1 heterocycles. The number of ketones is 1. The van der Waals surface area contributed by atoms with E-state index in [4.69, 9.17) is 9.47 Å². The van der Waals surface area contributed by atoms with E-state index in [1.807, 2.05) is 6.07 Å². The van der Waals surface area contributed by atoms with Gasteiger partial charge in [-0.05, 0) is 24.3 Å². The summed E-state index contributed by atoms with van der Waals surface area (Å²) in [6, 6.07) is 11.9. The van der Waals surface area contributed by atoms with Crippen LogP contribution in [0.25, 0.3) is 0 Å². The Morgan fingerprint density at radius 3 is 2.25 bits per heavy atom. The average Bonchev–Trinajstić information content (AvgIpc) is 2.50. The Bertz CT molecular complexity index is 705. The highest BCUT2D eigenvalue weighted by Crippen LogP contribution is 2.46. The van der Waals surface area contributed by atoms with Crippen LogP contribution in [0.4, 0.5) is 0 Å². The standard InChI is InChI=1S/C15H10O5/c1-18-15(17)13(16)9-5-4-8-12-14(9)20-11-7-3-2-6-10(11)19-12/h2-8H,1H3. The predicted molar refractivity (Wildman–Crippen MR) is 69.4 cm³/mol. The van der Waals surface area contributed by atoms with Crippen LogP contribution in [0.1, 0.15) is 10.4 Å². The van der Waals surface area contributed by atoms with Crippen molar-refractivity contribution in [3.8, 4) is 23.0 Å². The topological polar surface area (TPSA) is 61.8 Å². The molecule has 5 heteroatoms. The van der Waals surface area contributed by atoms with Crippen LogP contribution in [0.3, 0.4) is 0 Å². The molecule has 0 radical (unpaired) electrons. The molecule has 0 spiro atoms. The zero-order valence-electron chi connectivity index (χ0n) is 10.6. The van der Waals surface area contributed by atoms with E-state index in [9.17, 15) is 9.59 Å². The number of carbonyl (C=O) groups is 2. The van der Waals surface area contributed by atoms with Gasteiger partial charge in [-0.15, -0.1) is 0 Å². The molecule has 0 N–H and O–H groups in total. The lowest BCUT2D eigenvalue weighted by Gasteiger charge is -2.21. The number of rotatable bonds is 2. The highest BCUT2D eigenvalue weighted by Gasteiger charge is 2.27. The summed E-state index contributed by atoms with van der Waals surface area (Å²) in [6.07, 6.45) is 0. The van der Waals surface area contributed by atoms with Crippen LogP contribution in [-0.4, -0.2) is 18.9 Å². The molecule has 0 unspecified atom stereocenters. The van der Waals surface area contributed by atoms with Crippen molar-refractivity contribution in [1.29, 1.82) is 0 Å². The second-order valence-corrected chi connectivity index (χ2v) is 4.10. The molecule has 0 atom stereocenters. The van der Waals surface area contributed by atoms with E-state index in [1.165, 1.54) is 6.07 Å². The number of ether oxygens (including phenoxy) is 3. The largest absolute Gasteiger partial charge is 0.463 e. The first kappa shape index (κ1) is 12.2. The Balaban J connectivity index is 2.06. The summed E-state index contributed by atoms with van der Waals surface area (Å²) < 4.78 is 15.8. The van der Waals surface area contributed by atoms with Gasteiger partial charge in [0.25, 0.3) is 5.78 Å². The summed E-state index contributed by atoms with van der Waals surface area (Å²) in [7, 11) is 1.16. The van der Waals surface area contributed by atoms with E-state index < -0.39 is 11.8 Å². The van der Waals surface area contributed by atoms with Crippen molar-refractivity contribution in [3.63, 3.8) is 0 Å². The van der Waals surface area contributed by atoms with Gasteiger partial charge in [0.15, 0.2) is 23.0 Å². The van der Waals surface area contributed by atoms with E-state index >= 15 is 0 Å². The van der Waals surface area contributed by atoms with E-state index in [2.05, 4.69) is 4.74 Å². The molecule has 0 saturated carbocycles. The summed E-state index contributed by atoms with van der Waals surface area (Å²) in [5.41, 5.74) is 0.115. The maximum Gasteiger partial charge on any atom is 0.379 e. The smallest absolute Gasteiger partial charge is 0.379 e. The van der Waals surface area contributed by atoms with E-state index in [0.29, 0.717) is 17.2 Å². The van der Waals surface area contributed by atoms with Crippen LogP contribution in [0.15, 0.2) is 42.5 Å². The Labute approximate surface area is 114 Å². The Morgan fingerprint density at radius 1 is 0.900 bits per heavy atom. The van der Waals surface area contributed by atoms with Gasteiger partial charge in [-0.3, -0.25) is 4.79 Å². The number of para-hydroxylation sites is 3. The Hall–Kier alpha value is -2.82. The van der Waals surface area contributed by atoms with Crippen molar-refractivity contribution in [2.24, 2.45) is 0 Å². The van der Waals surface area contributed by atoms with Gasteiger partial charge >= 0.3 is 5.97 Å². The number of fused-ring (bicyclic) bond motifs is 2. The van der Waals surface area contributed by atoms with Gasteiger partial charge in [0.05, 0.1) is 12.7 Å². The minimum atomic E-state index is -0.944. The molecular formula is C15H10O5. The van der Waals surface area contributed by atoms with Crippen molar-refractivity contribution >= 4 is 11.8 Å². The molecule has 100 valence electrons. The van der Waals surface area contributed by atoms with Crippen molar-refractivity contribution in [1.82, 2.24) is 0 Å². The van der Waals surface area contributed by atoms with Gasteiger partial charge < -0.3 is 14.2 Å². The van der Waals surface area contributed by atoms with Gasteiger partial charge in [0, 0.05) is 0 Å². The highest BCUT2D eigenvalue weighted by atomic mass is 16.6. The molecule has 2 aromatic rings. The zero-order valence-corrected chi connectivity index (χ0v) is 10.6. The summed E-state index contributed by atoms with van der Waals surface area (Å²) in [5, 5.41) is 0. The second kappa shape index (κ2) is 4.70. The third kappa shape index (κ3) is 1.89. The number of Topliss-reactive ketones (excluding diaryl/α,β-unsaturated/α-hetero) is 1. The fourth-order valence-corrected chi connectivity index (χ4v) is 1.93. The molecule has 0 bridgehead atoms. The number of methoxy groups -OCH3 is 1. The minimum absolute atomic E-state index is 0.115. The highest BCUT2D eigenvalue weighted by molar-refractivity contribution is 6.41. The van der Waals surface area contributed by atoms with Crippen LogP contribution >= 0.6 is 0 Å². The summed E-state index contributed by atoms with van der Waals surface area (Å²) >= 11 is 0.